The molecule has 1 atom stereocenters. The Labute approximate surface area is 61.7 Å². The second-order valence-corrected chi connectivity index (χ2v) is 2.39. The van der Waals surface area contributed by atoms with E-state index in [9.17, 15) is 0 Å². The van der Waals surface area contributed by atoms with E-state index in [1.807, 2.05) is 0 Å². The van der Waals surface area contributed by atoms with Crippen LogP contribution in [0.3, 0.4) is 0 Å². The molecule has 0 aliphatic carbocycles. The van der Waals surface area contributed by atoms with Crippen LogP contribution in [0.5, 0.6) is 0 Å². The first-order valence-corrected chi connectivity index (χ1v) is 3.86. The average Bonchev–Trinajstić information content (AvgIpc) is 2.03. The summed E-state index contributed by atoms with van der Waals surface area (Å²) in [5.41, 5.74) is 0. The fraction of sp³-hybridized carbons (Fsp3) is 1.00. The van der Waals surface area contributed by atoms with Crippen LogP contribution in [-0.2, 0) is 9.47 Å². The number of morpholine rings is 1. The van der Waals surface area contributed by atoms with Crippen LogP contribution < -0.4 is 5.32 Å². The molecule has 1 fully saturated rings. The van der Waals surface area contributed by atoms with Crippen LogP contribution in [-0.4, -0.2) is 32.6 Å². The monoisotopic (exact) mass is 145 g/mol. The van der Waals surface area contributed by atoms with E-state index >= 15 is 0 Å². The van der Waals surface area contributed by atoms with Crippen molar-refractivity contribution in [3.8, 4) is 0 Å². The maximum absolute atomic E-state index is 5.40. The van der Waals surface area contributed by atoms with Gasteiger partial charge in [0.05, 0.1) is 13.2 Å². The highest BCUT2D eigenvalue weighted by atomic mass is 16.5. The lowest BCUT2D eigenvalue weighted by Gasteiger charge is -2.23. The Hall–Kier alpha value is -0.120. The molecule has 0 saturated carbocycles. The first kappa shape index (κ1) is 7.98. The molecule has 1 rings (SSSR count). The van der Waals surface area contributed by atoms with Gasteiger partial charge in [-0.2, -0.15) is 0 Å². The van der Waals surface area contributed by atoms with Crippen molar-refractivity contribution in [2.75, 3.05) is 26.4 Å². The van der Waals surface area contributed by atoms with Gasteiger partial charge in [0.25, 0.3) is 0 Å². The minimum absolute atomic E-state index is 0.133. The summed E-state index contributed by atoms with van der Waals surface area (Å²) in [5, 5.41) is 3.21. The van der Waals surface area contributed by atoms with E-state index in [2.05, 4.69) is 12.2 Å². The zero-order valence-electron chi connectivity index (χ0n) is 6.43. The second kappa shape index (κ2) is 4.66. The Morgan fingerprint density at radius 3 is 3.20 bits per heavy atom. The Morgan fingerprint density at radius 2 is 2.60 bits per heavy atom. The Bertz CT molecular complexity index is 81.7. The third kappa shape index (κ3) is 2.64. The van der Waals surface area contributed by atoms with Crippen molar-refractivity contribution in [2.24, 2.45) is 0 Å². The van der Waals surface area contributed by atoms with Gasteiger partial charge in [0.15, 0.2) is 0 Å². The fourth-order valence-electron chi connectivity index (χ4n) is 0.909. The molecule has 3 heteroatoms. The van der Waals surface area contributed by atoms with E-state index < -0.39 is 0 Å². The number of hydrogen-bond acceptors (Lipinski definition) is 3. The largest absolute Gasteiger partial charge is 0.376 e. The highest BCUT2D eigenvalue weighted by Crippen LogP contribution is 1.95. The first-order chi connectivity index (χ1) is 4.93. The minimum Gasteiger partial charge on any atom is -0.376 e. The van der Waals surface area contributed by atoms with E-state index in [-0.39, 0.29) is 6.23 Å². The topological polar surface area (TPSA) is 30.5 Å². The lowest BCUT2D eigenvalue weighted by atomic mass is 10.4. The Balaban J connectivity index is 2.02. The molecule has 3 nitrogen and oxygen atoms in total. The molecule has 1 heterocycles. The highest BCUT2D eigenvalue weighted by Gasteiger charge is 2.11. The minimum atomic E-state index is 0.133. The van der Waals surface area contributed by atoms with Crippen molar-refractivity contribution in [1.29, 1.82) is 0 Å². The summed E-state index contributed by atoms with van der Waals surface area (Å²) in [6.07, 6.45) is 1.20. The Kier molecular flexibility index (Phi) is 3.72. The van der Waals surface area contributed by atoms with Crippen molar-refractivity contribution in [3.05, 3.63) is 0 Å². The third-order valence-electron chi connectivity index (χ3n) is 1.41. The van der Waals surface area contributed by atoms with Gasteiger partial charge >= 0.3 is 0 Å². The number of rotatable bonds is 3. The molecule has 0 bridgehead atoms. The van der Waals surface area contributed by atoms with E-state index in [1.54, 1.807) is 0 Å². The van der Waals surface area contributed by atoms with Gasteiger partial charge in [-0.3, -0.25) is 5.32 Å². The molecule has 60 valence electrons. The lowest BCUT2D eigenvalue weighted by Crippen LogP contribution is -2.43. The lowest BCUT2D eigenvalue weighted by molar-refractivity contribution is -0.0607. The highest BCUT2D eigenvalue weighted by molar-refractivity contribution is 4.59. The van der Waals surface area contributed by atoms with Crippen molar-refractivity contribution >= 4 is 0 Å². The SMILES string of the molecule is CCCOC1COCCN1. The zero-order valence-corrected chi connectivity index (χ0v) is 6.43. The van der Waals surface area contributed by atoms with Gasteiger partial charge in [0.2, 0.25) is 0 Å². The van der Waals surface area contributed by atoms with Gasteiger partial charge < -0.3 is 9.47 Å². The van der Waals surface area contributed by atoms with Crippen LogP contribution in [0.2, 0.25) is 0 Å². The van der Waals surface area contributed by atoms with E-state index in [4.69, 9.17) is 9.47 Å². The molecular weight excluding hydrogens is 130 g/mol. The summed E-state index contributed by atoms with van der Waals surface area (Å²) < 4.78 is 10.6. The van der Waals surface area contributed by atoms with Gasteiger partial charge in [-0.15, -0.1) is 0 Å². The maximum Gasteiger partial charge on any atom is 0.131 e. The van der Waals surface area contributed by atoms with Gasteiger partial charge in [-0.1, -0.05) is 6.92 Å². The summed E-state index contributed by atoms with van der Waals surface area (Å²) in [4.78, 5) is 0. The van der Waals surface area contributed by atoms with Crippen molar-refractivity contribution in [3.63, 3.8) is 0 Å². The summed E-state index contributed by atoms with van der Waals surface area (Å²) in [7, 11) is 0. The molecule has 1 saturated heterocycles. The second-order valence-electron chi connectivity index (χ2n) is 2.39. The molecule has 0 aromatic carbocycles. The van der Waals surface area contributed by atoms with Crippen LogP contribution in [0.4, 0.5) is 0 Å². The molecule has 0 spiro atoms. The zero-order chi connectivity index (χ0) is 7.23. The van der Waals surface area contributed by atoms with Crippen LogP contribution in [0.1, 0.15) is 13.3 Å². The molecule has 0 radical (unpaired) electrons. The fourth-order valence-corrected chi connectivity index (χ4v) is 0.909. The van der Waals surface area contributed by atoms with Gasteiger partial charge in [-0.05, 0) is 6.42 Å². The third-order valence-corrected chi connectivity index (χ3v) is 1.41. The predicted molar refractivity (Wildman–Crippen MR) is 38.9 cm³/mol. The maximum atomic E-state index is 5.40. The molecule has 10 heavy (non-hydrogen) atoms. The summed E-state index contributed by atoms with van der Waals surface area (Å²) in [6, 6.07) is 0. The Morgan fingerprint density at radius 1 is 1.70 bits per heavy atom. The quantitative estimate of drug-likeness (QED) is 0.622. The smallest absolute Gasteiger partial charge is 0.131 e. The predicted octanol–water partition coefficient (Wildman–Crippen LogP) is 0.359. The van der Waals surface area contributed by atoms with Crippen molar-refractivity contribution in [1.82, 2.24) is 5.32 Å². The molecule has 1 unspecified atom stereocenters. The number of nitrogens with one attached hydrogen (secondary N) is 1. The first-order valence-electron chi connectivity index (χ1n) is 3.86. The molecule has 1 aliphatic rings. The number of ether oxygens (including phenoxy) is 2. The van der Waals surface area contributed by atoms with Crippen molar-refractivity contribution < 1.29 is 9.47 Å². The molecule has 0 aromatic rings. The van der Waals surface area contributed by atoms with Crippen LogP contribution in [0.15, 0.2) is 0 Å². The number of hydrogen-bond donors (Lipinski definition) is 1. The summed E-state index contributed by atoms with van der Waals surface area (Å²) in [5.74, 6) is 0. The summed E-state index contributed by atoms with van der Waals surface area (Å²) in [6.45, 7) is 5.34. The van der Waals surface area contributed by atoms with Crippen LogP contribution >= 0.6 is 0 Å². The van der Waals surface area contributed by atoms with E-state index in [1.165, 1.54) is 0 Å². The molecule has 0 aromatic heterocycles. The standard InChI is InChI=1S/C7H15NO2/c1-2-4-10-7-6-9-5-3-8-7/h7-8H,2-6H2,1H3. The van der Waals surface area contributed by atoms with Crippen molar-refractivity contribution in [2.45, 2.75) is 19.6 Å². The average molecular weight is 145 g/mol. The molecular formula is C7H15NO2. The normalized spacial score (nSPS) is 26.7. The van der Waals surface area contributed by atoms with Crippen LogP contribution in [0, 0.1) is 0 Å². The van der Waals surface area contributed by atoms with Gasteiger partial charge in [0.1, 0.15) is 6.23 Å². The molecule has 1 N–H and O–H groups in total. The van der Waals surface area contributed by atoms with E-state index in [0.717, 1.165) is 26.2 Å². The molecule has 0 amide bonds. The van der Waals surface area contributed by atoms with E-state index in [0.29, 0.717) is 6.61 Å². The molecule has 1 aliphatic heterocycles. The van der Waals surface area contributed by atoms with Crippen LogP contribution in [0.25, 0.3) is 0 Å². The van der Waals surface area contributed by atoms with Gasteiger partial charge in [-0.25, -0.2) is 0 Å². The summed E-state index contributed by atoms with van der Waals surface area (Å²) >= 11 is 0. The van der Waals surface area contributed by atoms with Gasteiger partial charge in [0, 0.05) is 13.2 Å².